The highest BCUT2D eigenvalue weighted by atomic mass is 31.2. The second-order valence-electron chi connectivity index (χ2n) is 11.5. The lowest BCUT2D eigenvalue weighted by molar-refractivity contribution is -0.154. The maximum absolute atomic E-state index is 12.5. The van der Waals surface area contributed by atoms with Gasteiger partial charge in [0.15, 0.2) is 0 Å². The van der Waals surface area contributed by atoms with E-state index >= 15 is 0 Å². The van der Waals surface area contributed by atoms with Crippen LogP contribution in [-0.4, -0.2) is 66.3 Å². The Bertz CT molecular complexity index is 971. The molecule has 0 amide bonds. The van der Waals surface area contributed by atoms with Gasteiger partial charge in [-0.15, -0.1) is 0 Å². The van der Waals surface area contributed by atoms with Crippen LogP contribution in [0.15, 0.2) is 72.9 Å². The molecule has 0 rings (SSSR count). The van der Waals surface area contributed by atoms with Crippen molar-refractivity contribution in [1.82, 2.24) is 0 Å². The molecule has 0 heterocycles. The molecule has 0 radical (unpaired) electrons. The van der Waals surface area contributed by atoms with Crippen LogP contribution in [0.3, 0.4) is 0 Å². The fourth-order valence-corrected chi connectivity index (χ4v) is 4.96. The number of phosphoric acid groups is 1. The number of hydrogen-bond acceptors (Lipinski definition) is 8. The number of carbonyl (C=O) groups excluding carboxylic acids is 1. The zero-order chi connectivity index (χ0) is 35.4. The van der Waals surface area contributed by atoms with Gasteiger partial charge < -0.3 is 24.6 Å². The number of rotatable bonds is 33. The van der Waals surface area contributed by atoms with Gasteiger partial charge in [0.2, 0.25) is 0 Å². The van der Waals surface area contributed by atoms with Gasteiger partial charge >= 0.3 is 13.8 Å². The van der Waals surface area contributed by atoms with Gasteiger partial charge in [-0.25, -0.2) is 4.57 Å². The van der Waals surface area contributed by atoms with Gasteiger partial charge in [-0.05, 0) is 64.2 Å². The van der Waals surface area contributed by atoms with E-state index in [0.717, 1.165) is 64.2 Å². The van der Waals surface area contributed by atoms with Crippen molar-refractivity contribution in [2.75, 3.05) is 33.0 Å². The van der Waals surface area contributed by atoms with Gasteiger partial charge in [0.1, 0.15) is 12.2 Å². The number of esters is 1. The number of ether oxygens (including phenoxy) is 2. The first-order valence-corrected chi connectivity index (χ1v) is 19.4. The average molecular weight is 697 g/mol. The van der Waals surface area contributed by atoms with E-state index in [4.69, 9.17) is 23.6 Å². The summed E-state index contributed by atoms with van der Waals surface area (Å²) in [7, 11) is -4.53. The van der Waals surface area contributed by atoms with Crippen molar-refractivity contribution < 1.29 is 43.0 Å². The molecule has 0 fully saturated rings. The standard InChI is InChI=1S/C38H65O9P/c1-3-5-7-9-11-13-15-17-19-21-23-25-27-29-31-44-34-37(35-46-48(42,43)45-33-36(40)32-39)47-38(41)30-28-26-24-22-20-18-16-14-12-10-8-6-4-2/h6-9,12-15,18,20,24,26,36-37,39-40H,3-5,10-11,16-17,19,21-23,25,27-35H2,1-2H3,(H,42,43)/b8-6-,9-7-,14-12-,15-13-,20-18-,26-24-. The number of phosphoric ester groups is 1. The molecule has 0 spiro atoms. The van der Waals surface area contributed by atoms with Crippen LogP contribution in [0.4, 0.5) is 0 Å². The van der Waals surface area contributed by atoms with E-state index in [-0.39, 0.29) is 13.0 Å². The summed E-state index contributed by atoms with van der Waals surface area (Å²) in [5.74, 6) is -0.471. The molecule has 0 aliphatic rings. The second kappa shape index (κ2) is 34.8. The zero-order valence-corrected chi connectivity index (χ0v) is 30.6. The van der Waals surface area contributed by atoms with Crippen molar-refractivity contribution in [2.24, 2.45) is 0 Å². The molecule has 0 saturated carbocycles. The van der Waals surface area contributed by atoms with E-state index in [1.807, 2.05) is 12.2 Å². The molecule has 3 unspecified atom stereocenters. The number of allylic oxidation sites excluding steroid dienone is 12. The van der Waals surface area contributed by atoms with E-state index in [1.54, 1.807) is 0 Å². The Labute approximate surface area is 291 Å². The Balaban J connectivity index is 4.41. The number of unbranched alkanes of at least 4 members (excludes halogenated alkanes) is 7. The van der Waals surface area contributed by atoms with Crippen LogP contribution in [0.2, 0.25) is 0 Å². The molecule has 0 aromatic rings. The van der Waals surface area contributed by atoms with Crippen molar-refractivity contribution in [3.63, 3.8) is 0 Å². The number of aliphatic hydroxyl groups is 2. The molecule has 3 atom stereocenters. The first kappa shape index (κ1) is 45.9. The summed E-state index contributed by atoms with van der Waals surface area (Å²) in [5, 5.41) is 18.3. The molecule has 48 heavy (non-hydrogen) atoms. The predicted octanol–water partition coefficient (Wildman–Crippen LogP) is 9.02. The Morgan fingerprint density at radius 3 is 1.79 bits per heavy atom. The van der Waals surface area contributed by atoms with Gasteiger partial charge in [0.25, 0.3) is 0 Å². The third kappa shape index (κ3) is 33.8. The lowest BCUT2D eigenvalue weighted by Crippen LogP contribution is -2.29. The number of carbonyl (C=O) groups is 1. The Morgan fingerprint density at radius 1 is 0.667 bits per heavy atom. The number of aliphatic hydroxyl groups excluding tert-OH is 2. The van der Waals surface area contributed by atoms with Crippen LogP contribution >= 0.6 is 7.82 Å². The SMILES string of the molecule is CC/C=C\C/C=C\C/C=C\C/C=C\CCC(=O)OC(COCCCCCCCC/C=C\C/C=C\CCC)COP(=O)(O)OCC(O)CO. The molecule has 0 aromatic heterocycles. The molecule has 276 valence electrons. The minimum Gasteiger partial charge on any atom is -0.457 e. The fourth-order valence-electron chi connectivity index (χ4n) is 4.17. The normalized spacial score (nSPS) is 15.2. The summed E-state index contributed by atoms with van der Waals surface area (Å²) in [4.78, 5) is 22.4. The summed E-state index contributed by atoms with van der Waals surface area (Å²) in [6.45, 7) is 3.17. The van der Waals surface area contributed by atoms with Crippen LogP contribution in [-0.2, 0) is 27.9 Å². The smallest absolute Gasteiger partial charge is 0.457 e. The molecule has 0 saturated heterocycles. The maximum atomic E-state index is 12.5. The molecular weight excluding hydrogens is 631 g/mol. The lowest BCUT2D eigenvalue weighted by atomic mass is 10.1. The second-order valence-corrected chi connectivity index (χ2v) is 13.0. The van der Waals surface area contributed by atoms with Crippen molar-refractivity contribution in [2.45, 2.75) is 129 Å². The van der Waals surface area contributed by atoms with Gasteiger partial charge in [-0.3, -0.25) is 13.8 Å². The summed E-state index contributed by atoms with van der Waals surface area (Å²) < 4.78 is 33.1. The van der Waals surface area contributed by atoms with Crippen molar-refractivity contribution >= 4 is 13.8 Å². The monoisotopic (exact) mass is 696 g/mol. The molecule has 0 aromatic carbocycles. The Morgan fingerprint density at radius 2 is 1.19 bits per heavy atom. The van der Waals surface area contributed by atoms with Crippen LogP contribution < -0.4 is 0 Å². The highest BCUT2D eigenvalue weighted by Gasteiger charge is 2.26. The van der Waals surface area contributed by atoms with Crippen LogP contribution in [0.25, 0.3) is 0 Å². The van der Waals surface area contributed by atoms with E-state index < -0.39 is 45.8 Å². The van der Waals surface area contributed by atoms with Crippen molar-refractivity contribution in [3.8, 4) is 0 Å². The van der Waals surface area contributed by atoms with Gasteiger partial charge in [-0.1, -0.05) is 119 Å². The summed E-state index contributed by atoms with van der Waals surface area (Å²) in [5.41, 5.74) is 0. The third-order valence-corrected chi connectivity index (χ3v) is 7.82. The molecule has 0 aliphatic heterocycles. The zero-order valence-electron chi connectivity index (χ0n) is 29.7. The third-order valence-electron chi connectivity index (χ3n) is 6.87. The summed E-state index contributed by atoms with van der Waals surface area (Å²) >= 11 is 0. The van der Waals surface area contributed by atoms with Crippen LogP contribution in [0.1, 0.15) is 117 Å². The molecule has 0 aliphatic carbocycles. The van der Waals surface area contributed by atoms with Gasteiger partial charge in [0, 0.05) is 13.0 Å². The quantitative estimate of drug-likeness (QED) is 0.0266. The van der Waals surface area contributed by atoms with Gasteiger partial charge in [0.05, 0.1) is 26.4 Å². The Hall–Kier alpha value is -2.10. The van der Waals surface area contributed by atoms with Gasteiger partial charge in [-0.2, -0.15) is 0 Å². The van der Waals surface area contributed by atoms with Crippen molar-refractivity contribution in [1.29, 1.82) is 0 Å². The molecule has 3 N–H and O–H groups in total. The minimum atomic E-state index is -4.53. The molecule has 0 bridgehead atoms. The van der Waals surface area contributed by atoms with E-state index in [2.05, 4.69) is 74.6 Å². The first-order chi connectivity index (χ1) is 23.3. The van der Waals surface area contributed by atoms with E-state index in [1.165, 1.54) is 25.7 Å². The molecule has 10 heteroatoms. The summed E-state index contributed by atoms with van der Waals surface area (Å²) in [6, 6.07) is 0. The largest absolute Gasteiger partial charge is 0.472 e. The minimum absolute atomic E-state index is 0.00887. The van der Waals surface area contributed by atoms with Crippen molar-refractivity contribution in [3.05, 3.63) is 72.9 Å². The predicted molar refractivity (Wildman–Crippen MR) is 196 cm³/mol. The highest BCUT2D eigenvalue weighted by Crippen LogP contribution is 2.43. The van der Waals surface area contributed by atoms with Crippen LogP contribution in [0.5, 0.6) is 0 Å². The number of hydrogen-bond donors (Lipinski definition) is 3. The first-order valence-electron chi connectivity index (χ1n) is 17.9. The topological polar surface area (TPSA) is 132 Å². The summed E-state index contributed by atoms with van der Waals surface area (Å²) in [6.07, 6.45) is 38.8. The lowest BCUT2D eigenvalue weighted by Gasteiger charge is -2.20. The average Bonchev–Trinajstić information content (AvgIpc) is 3.07. The van der Waals surface area contributed by atoms with E-state index in [0.29, 0.717) is 13.0 Å². The fraction of sp³-hybridized carbons (Fsp3) is 0.658. The van der Waals surface area contributed by atoms with Crippen LogP contribution in [0, 0.1) is 0 Å². The maximum Gasteiger partial charge on any atom is 0.472 e. The highest BCUT2D eigenvalue weighted by molar-refractivity contribution is 7.47. The van der Waals surface area contributed by atoms with E-state index in [9.17, 15) is 19.4 Å². The molecular formula is C38H65O9P. The Kier molecular flexibility index (Phi) is 33.2. The molecule has 9 nitrogen and oxygen atoms in total.